The zero-order valence-corrected chi connectivity index (χ0v) is 9.54. The van der Waals surface area contributed by atoms with Crippen molar-refractivity contribution in [2.24, 2.45) is 0 Å². The van der Waals surface area contributed by atoms with Crippen molar-refractivity contribution in [3.8, 4) is 0 Å². The van der Waals surface area contributed by atoms with E-state index in [2.05, 4.69) is 15.0 Å². The van der Waals surface area contributed by atoms with Crippen molar-refractivity contribution in [2.45, 2.75) is 13.5 Å². The van der Waals surface area contributed by atoms with Gasteiger partial charge in [-0.2, -0.15) is 0 Å². The van der Waals surface area contributed by atoms with Gasteiger partial charge in [-0.25, -0.2) is 9.78 Å². The Morgan fingerprint density at radius 2 is 2.31 bits per heavy atom. The van der Waals surface area contributed by atoms with Gasteiger partial charge >= 0.3 is 5.97 Å². The lowest BCUT2D eigenvalue weighted by Gasteiger charge is -2.02. The molecule has 0 aliphatic carbocycles. The fourth-order valence-electron chi connectivity index (χ4n) is 0.939. The van der Waals surface area contributed by atoms with Gasteiger partial charge in [-0.1, -0.05) is 0 Å². The molecule has 1 aromatic heterocycles. The van der Waals surface area contributed by atoms with Crippen LogP contribution in [-0.4, -0.2) is 35.2 Å². The molecule has 7 heteroatoms. The molecule has 0 spiro atoms. The molecule has 0 radical (unpaired) electrons. The van der Waals surface area contributed by atoms with Crippen LogP contribution in [0.3, 0.4) is 0 Å². The molecule has 0 aliphatic heterocycles. The molecule has 1 rings (SSSR count). The summed E-state index contributed by atoms with van der Waals surface area (Å²) in [6.07, 6.45) is 1.73. The molecule has 6 nitrogen and oxygen atoms in total. The molecule has 0 fully saturated rings. The van der Waals surface area contributed by atoms with Crippen LogP contribution in [0.5, 0.6) is 0 Å². The van der Waals surface area contributed by atoms with Crippen LogP contribution in [0.2, 0.25) is 0 Å². The lowest BCUT2D eigenvalue weighted by molar-refractivity contribution is -0.143. The Balaban J connectivity index is 2.17. The van der Waals surface area contributed by atoms with Crippen LogP contribution in [0.4, 0.5) is 0 Å². The average molecular weight is 244 g/mol. The highest BCUT2D eigenvalue weighted by molar-refractivity contribution is 7.11. The minimum atomic E-state index is -1.09. The molecule has 2 N–H and O–H groups in total. The summed E-state index contributed by atoms with van der Waals surface area (Å²) in [6.45, 7) is 1.55. The molecule has 1 aromatic rings. The number of carbonyl (C=O) groups excluding carboxylic acids is 1. The van der Waals surface area contributed by atoms with E-state index in [0.717, 1.165) is 9.88 Å². The summed E-state index contributed by atoms with van der Waals surface area (Å²) in [4.78, 5) is 26.4. The Kier molecular flexibility index (Phi) is 4.87. The molecule has 0 saturated carbocycles. The number of carboxylic acids is 1. The van der Waals surface area contributed by atoms with Gasteiger partial charge in [-0.05, 0) is 6.92 Å². The van der Waals surface area contributed by atoms with E-state index in [4.69, 9.17) is 5.11 Å². The van der Waals surface area contributed by atoms with Crippen molar-refractivity contribution in [3.05, 3.63) is 16.1 Å². The number of nitrogens with one attached hydrogen (secondary N) is 1. The van der Waals surface area contributed by atoms with Crippen LogP contribution >= 0.6 is 11.3 Å². The first kappa shape index (κ1) is 12.6. The van der Waals surface area contributed by atoms with E-state index < -0.39 is 12.6 Å². The number of aromatic nitrogens is 1. The number of hydrogen-bond acceptors (Lipinski definition) is 5. The van der Waals surface area contributed by atoms with Gasteiger partial charge in [-0.15, -0.1) is 11.3 Å². The van der Waals surface area contributed by atoms with Gasteiger partial charge in [0.2, 0.25) is 5.91 Å². The highest BCUT2D eigenvalue weighted by Crippen LogP contribution is 2.10. The lowest BCUT2D eigenvalue weighted by Crippen LogP contribution is -2.28. The number of nitrogens with zero attached hydrogens (tertiary/aromatic N) is 1. The smallest absolute Gasteiger partial charge is 0.329 e. The molecule has 0 atom stereocenters. The van der Waals surface area contributed by atoms with Crippen molar-refractivity contribution in [1.82, 2.24) is 10.3 Å². The molecule has 0 saturated heterocycles. The molecule has 0 aliphatic rings. The monoisotopic (exact) mass is 244 g/mol. The number of aryl methyl sites for hydroxylation is 1. The van der Waals surface area contributed by atoms with Crippen LogP contribution in [0, 0.1) is 6.92 Å². The molecular formula is C9H12N2O4S. The molecule has 1 heterocycles. The van der Waals surface area contributed by atoms with Crippen molar-refractivity contribution in [1.29, 1.82) is 0 Å². The summed E-state index contributed by atoms with van der Waals surface area (Å²) in [5.74, 6) is -1.45. The zero-order valence-electron chi connectivity index (χ0n) is 8.73. The third-order valence-electron chi connectivity index (χ3n) is 1.56. The third-order valence-corrected chi connectivity index (χ3v) is 2.48. The Bertz CT molecular complexity index is 377. The van der Waals surface area contributed by atoms with Crippen molar-refractivity contribution in [2.75, 3.05) is 13.2 Å². The number of hydrogen-bond donors (Lipinski definition) is 2. The normalized spacial score (nSPS) is 10.1. The topological polar surface area (TPSA) is 88.5 Å². The maximum absolute atomic E-state index is 11.2. The minimum absolute atomic E-state index is 0.253. The first-order valence-electron chi connectivity index (χ1n) is 4.55. The molecule has 16 heavy (non-hydrogen) atoms. The van der Waals surface area contributed by atoms with E-state index in [-0.39, 0.29) is 12.5 Å². The molecule has 0 unspecified atom stereocenters. The fourth-order valence-corrected chi connectivity index (χ4v) is 1.67. The molecule has 0 bridgehead atoms. The number of carboxylic acid groups (broad SMARTS) is 1. The van der Waals surface area contributed by atoms with Gasteiger partial charge in [0.15, 0.2) is 0 Å². The van der Waals surface area contributed by atoms with E-state index >= 15 is 0 Å². The summed E-state index contributed by atoms with van der Waals surface area (Å²) >= 11 is 1.50. The average Bonchev–Trinajstić information content (AvgIpc) is 2.61. The van der Waals surface area contributed by atoms with E-state index in [1.165, 1.54) is 11.3 Å². The first-order valence-corrected chi connectivity index (χ1v) is 5.37. The number of ether oxygens (including phenoxy) is 1. The van der Waals surface area contributed by atoms with Crippen molar-refractivity contribution in [3.63, 3.8) is 0 Å². The quantitative estimate of drug-likeness (QED) is 0.744. The zero-order chi connectivity index (χ0) is 12.0. The predicted octanol–water partition coefficient (Wildman–Crippen LogP) is 0.169. The standard InChI is InChI=1S/C9H12N2O4S/c1-6-2-11-8(16-6)3-10-7(12)4-15-5-9(13)14/h2H,3-5H2,1H3,(H,10,12)(H,13,14). The van der Waals surface area contributed by atoms with Crippen LogP contribution in [0.1, 0.15) is 9.88 Å². The van der Waals surface area contributed by atoms with Crippen LogP contribution in [0.15, 0.2) is 6.20 Å². The third kappa shape index (κ3) is 4.85. The first-order chi connectivity index (χ1) is 7.58. The second-order valence-electron chi connectivity index (χ2n) is 3.03. The molecular weight excluding hydrogens is 232 g/mol. The summed E-state index contributed by atoms with van der Waals surface area (Å²) in [6, 6.07) is 0. The largest absolute Gasteiger partial charge is 0.480 e. The fraction of sp³-hybridized carbons (Fsp3) is 0.444. The highest BCUT2D eigenvalue weighted by Gasteiger charge is 2.05. The second-order valence-corrected chi connectivity index (χ2v) is 4.35. The van der Waals surface area contributed by atoms with E-state index in [1.807, 2.05) is 6.92 Å². The molecule has 0 aromatic carbocycles. The Morgan fingerprint density at radius 1 is 1.56 bits per heavy atom. The van der Waals surface area contributed by atoms with Crippen LogP contribution in [-0.2, 0) is 20.9 Å². The van der Waals surface area contributed by atoms with E-state index in [9.17, 15) is 9.59 Å². The maximum Gasteiger partial charge on any atom is 0.329 e. The van der Waals surface area contributed by atoms with Gasteiger partial charge in [0, 0.05) is 11.1 Å². The van der Waals surface area contributed by atoms with Crippen molar-refractivity contribution >= 4 is 23.2 Å². The van der Waals surface area contributed by atoms with Gasteiger partial charge in [0.25, 0.3) is 0 Å². The second kappa shape index (κ2) is 6.19. The lowest BCUT2D eigenvalue weighted by atomic mass is 10.5. The van der Waals surface area contributed by atoms with Gasteiger partial charge in [-0.3, -0.25) is 4.79 Å². The summed E-state index contributed by atoms with van der Waals surface area (Å²) in [5.41, 5.74) is 0. The molecule has 88 valence electrons. The summed E-state index contributed by atoms with van der Waals surface area (Å²) < 4.78 is 4.62. The van der Waals surface area contributed by atoms with Gasteiger partial charge in [0.1, 0.15) is 18.2 Å². The number of rotatable bonds is 6. The van der Waals surface area contributed by atoms with Gasteiger partial charge in [0.05, 0.1) is 6.54 Å². The molecule has 1 amide bonds. The van der Waals surface area contributed by atoms with E-state index in [0.29, 0.717) is 6.54 Å². The number of thiazole rings is 1. The maximum atomic E-state index is 11.2. The SMILES string of the molecule is Cc1cnc(CNC(=O)COCC(=O)O)s1. The number of carbonyl (C=O) groups is 2. The van der Waals surface area contributed by atoms with Crippen LogP contribution in [0.25, 0.3) is 0 Å². The number of amides is 1. The predicted molar refractivity (Wildman–Crippen MR) is 57.2 cm³/mol. The number of aliphatic carboxylic acids is 1. The van der Waals surface area contributed by atoms with E-state index in [1.54, 1.807) is 6.20 Å². The highest BCUT2D eigenvalue weighted by atomic mass is 32.1. The van der Waals surface area contributed by atoms with Crippen molar-refractivity contribution < 1.29 is 19.4 Å². The Labute approximate surface area is 96.3 Å². The van der Waals surface area contributed by atoms with Crippen LogP contribution < -0.4 is 5.32 Å². The minimum Gasteiger partial charge on any atom is -0.480 e. The Hall–Kier alpha value is -1.47. The summed E-state index contributed by atoms with van der Waals surface area (Å²) in [7, 11) is 0. The van der Waals surface area contributed by atoms with Gasteiger partial charge < -0.3 is 15.2 Å². The summed E-state index contributed by atoms with van der Waals surface area (Å²) in [5, 5.41) is 11.7. The Morgan fingerprint density at radius 3 is 2.88 bits per heavy atom.